The van der Waals surface area contributed by atoms with E-state index in [2.05, 4.69) is 26.0 Å². The molecule has 3 aromatic carbocycles. The van der Waals surface area contributed by atoms with E-state index >= 15 is 0 Å². The van der Waals surface area contributed by atoms with Crippen LogP contribution in [0.3, 0.4) is 0 Å². The van der Waals surface area contributed by atoms with Crippen LogP contribution in [0.15, 0.2) is 69.0 Å². The zero-order valence-corrected chi connectivity index (χ0v) is 22.1. The second kappa shape index (κ2) is 11.1. The van der Waals surface area contributed by atoms with Crippen molar-refractivity contribution in [1.82, 2.24) is 9.66 Å². The standard InChI is InChI=1S/C27H25BrClN3O3/c1-4-25-31-23-11-10-20(28)14-21(23)27(33)32(25)30-15-19-12-22(29)26(24(13-19)34-5-2)35-16-18-8-6-17(3)7-9-18/h6-15H,4-5,16H2,1-3H3. The fourth-order valence-corrected chi connectivity index (χ4v) is 4.21. The van der Waals surface area contributed by atoms with Crippen LogP contribution >= 0.6 is 27.5 Å². The average molecular weight is 555 g/mol. The van der Waals surface area contributed by atoms with Gasteiger partial charge in [0.05, 0.1) is 28.7 Å². The summed E-state index contributed by atoms with van der Waals surface area (Å²) in [5, 5.41) is 5.33. The van der Waals surface area contributed by atoms with Crippen molar-refractivity contribution in [3.8, 4) is 11.5 Å². The number of halogens is 2. The first-order valence-electron chi connectivity index (χ1n) is 11.3. The Morgan fingerprint density at radius 1 is 1.09 bits per heavy atom. The van der Waals surface area contributed by atoms with Crippen LogP contribution in [0.1, 0.15) is 36.4 Å². The second-order valence-electron chi connectivity index (χ2n) is 7.94. The maximum absolute atomic E-state index is 13.1. The molecule has 0 bridgehead atoms. The van der Waals surface area contributed by atoms with Crippen molar-refractivity contribution in [2.24, 2.45) is 5.10 Å². The first-order chi connectivity index (χ1) is 16.9. The van der Waals surface area contributed by atoms with Gasteiger partial charge in [0.1, 0.15) is 12.4 Å². The first-order valence-corrected chi connectivity index (χ1v) is 12.5. The summed E-state index contributed by atoms with van der Waals surface area (Å²) in [6.45, 7) is 6.67. The van der Waals surface area contributed by atoms with E-state index in [1.165, 1.54) is 10.2 Å². The third-order valence-corrected chi connectivity index (χ3v) is 6.12. The highest BCUT2D eigenvalue weighted by atomic mass is 79.9. The summed E-state index contributed by atoms with van der Waals surface area (Å²) < 4.78 is 13.9. The minimum Gasteiger partial charge on any atom is -0.490 e. The van der Waals surface area contributed by atoms with Crippen LogP contribution in [0.5, 0.6) is 11.5 Å². The minimum absolute atomic E-state index is 0.237. The van der Waals surface area contributed by atoms with Crippen LogP contribution in [-0.2, 0) is 13.0 Å². The normalized spacial score (nSPS) is 11.3. The molecule has 0 amide bonds. The number of nitrogens with zero attached hydrogens (tertiary/aromatic N) is 3. The van der Waals surface area contributed by atoms with Gasteiger partial charge in [-0.15, -0.1) is 0 Å². The Labute approximate surface area is 217 Å². The summed E-state index contributed by atoms with van der Waals surface area (Å²) in [5.74, 6) is 1.54. The van der Waals surface area contributed by atoms with Crippen molar-refractivity contribution >= 4 is 44.6 Å². The molecule has 0 aliphatic carbocycles. The zero-order valence-electron chi connectivity index (χ0n) is 19.7. The number of hydrogen-bond donors (Lipinski definition) is 0. The Balaban J connectivity index is 1.67. The fourth-order valence-electron chi connectivity index (χ4n) is 3.57. The Morgan fingerprint density at radius 3 is 2.57 bits per heavy atom. The lowest BCUT2D eigenvalue weighted by molar-refractivity contribution is 0.269. The van der Waals surface area contributed by atoms with Gasteiger partial charge in [0.2, 0.25) is 0 Å². The van der Waals surface area contributed by atoms with Gasteiger partial charge < -0.3 is 9.47 Å². The number of hydrogen-bond acceptors (Lipinski definition) is 5. The van der Waals surface area contributed by atoms with Gasteiger partial charge in [-0.2, -0.15) is 9.78 Å². The molecule has 0 saturated carbocycles. The lowest BCUT2D eigenvalue weighted by Crippen LogP contribution is -2.22. The molecule has 4 rings (SSSR count). The summed E-state index contributed by atoms with van der Waals surface area (Å²) >= 11 is 9.99. The van der Waals surface area contributed by atoms with Gasteiger partial charge >= 0.3 is 0 Å². The van der Waals surface area contributed by atoms with Gasteiger partial charge in [-0.1, -0.05) is 64.3 Å². The number of ether oxygens (including phenoxy) is 2. The predicted octanol–water partition coefficient (Wildman–Crippen LogP) is 6.54. The molecule has 0 radical (unpaired) electrons. The Hall–Kier alpha value is -3.16. The monoisotopic (exact) mass is 553 g/mol. The van der Waals surface area contributed by atoms with E-state index in [1.807, 2.05) is 57.2 Å². The minimum atomic E-state index is -0.237. The van der Waals surface area contributed by atoms with Crippen LogP contribution in [-0.4, -0.2) is 22.5 Å². The molecule has 0 spiro atoms. The summed E-state index contributed by atoms with van der Waals surface area (Å²) in [7, 11) is 0. The van der Waals surface area contributed by atoms with Crippen molar-refractivity contribution in [1.29, 1.82) is 0 Å². The molecule has 0 fully saturated rings. The molecule has 8 heteroatoms. The van der Waals surface area contributed by atoms with E-state index in [-0.39, 0.29) is 5.56 Å². The molecule has 0 aliphatic rings. The van der Waals surface area contributed by atoms with Gasteiger partial charge in [0.25, 0.3) is 5.56 Å². The highest BCUT2D eigenvalue weighted by Crippen LogP contribution is 2.37. The summed E-state index contributed by atoms with van der Waals surface area (Å²) in [4.78, 5) is 17.7. The van der Waals surface area contributed by atoms with E-state index in [1.54, 1.807) is 24.4 Å². The smallest absolute Gasteiger partial charge is 0.282 e. The van der Waals surface area contributed by atoms with Crippen LogP contribution < -0.4 is 15.0 Å². The number of fused-ring (bicyclic) bond motifs is 1. The Morgan fingerprint density at radius 2 is 1.86 bits per heavy atom. The zero-order chi connectivity index (χ0) is 24.9. The Kier molecular flexibility index (Phi) is 7.88. The lowest BCUT2D eigenvalue weighted by Gasteiger charge is -2.14. The van der Waals surface area contributed by atoms with Gasteiger partial charge in [-0.25, -0.2) is 4.98 Å². The van der Waals surface area contributed by atoms with Crippen LogP contribution in [0.25, 0.3) is 10.9 Å². The molecule has 6 nitrogen and oxygen atoms in total. The Bertz CT molecular complexity index is 1450. The van der Waals surface area contributed by atoms with Crippen molar-refractivity contribution in [2.45, 2.75) is 33.8 Å². The number of rotatable bonds is 8. The van der Waals surface area contributed by atoms with E-state index in [0.717, 1.165) is 10.0 Å². The van der Waals surface area contributed by atoms with Crippen molar-refractivity contribution in [3.05, 3.63) is 97.0 Å². The molecular formula is C27H25BrClN3O3. The van der Waals surface area contributed by atoms with Gasteiger partial charge in [-0.05, 0) is 55.3 Å². The summed E-state index contributed by atoms with van der Waals surface area (Å²) in [6, 6.07) is 17.1. The van der Waals surface area contributed by atoms with Crippen molar-refractivity contribution < 1.29 is 9.47 Å². The molecule has 0 atom stereocenters. The summed E-state index contributed by atoms with van der Waals surface area (Å²) in [6.07, 6.45) is 2.12. The molecule has 0 aliphatic heterocycles. The molecule has 180 valence electrons. The predicted molar refractivity (Wildman–Crippen MR) is 144 cm³/mol. The highest BCUT2D eigenvalue weighted by Gasteiger charge is 2.14. The van der Waals surface area contributed by atoms with Crippen LogP contribution in [0.4, 0.5) is 0 Å². The SMILES string of the molecule is CCOc1cc(C=Nn2c(CC)nc3ccc(Br)cc3c2=O)cc(Cl)c1OCc1ccc(C)cc1. The van der Waals surface area contributed by atoms with E-state index in [9.17, 15) is 4.79 Å². The molecular weight excluding hydrogens is 530 g/mol. The van der Waals surface area contributed by atoms with Crippen LogP contribution in [0.2, 0.25) is 5.02 Å². The van der Waals surface area contributed by atoms with Gasteiger partial charge in [-0.3, -0.25) is 4.79 Å². The largest absolute Gasteiger partial charge is 0.490 e. The number of benzene rings is 3. The third kappa shape index (κ3) is 5.74. The lowest BCUT2D eigenvalue weighted by atomic mass is 10.1. The van der Waals surface area contributed by atoms with E-state index < -0.39 is 0 Å². The molecule has 35 heavy (non-hydrogen) atoms. The molecule has 1 aromatic heterocycles. The maximum Gasteiger partial charge on any atom is 0.282 e. The fraction of sp³-hybridized carbons (Fsp3) is 0.222. The molecule has 0 unspecified atom stereocenters. The second-order valence-corrected chi connectivity index (χ2v) is 9.26. The van der Waals surface area contributed by atoms with E-state index in [0.29, 0.717) is 58.4 Å². The van der Waals surface area contributed by atoms with Crippen molar-refractivity contribution in [3.63, 3.8) is 0 Å². The maximum atomic E-state index is 13.1. The molecule has 0 saturated heterocycles. The first kappa shape index (κ1) is 24.9. The number of aromatic nitrogens is 2. The molecule has 1 heterocycles. The van der Waals surface area contributed by atoms with Gasteiger partial charge in [0.15, 0.2) is 11.5 Å². The van der Waals surface area contributed by atoms with E-state index in [4.69, 9.17) is 21.1 Å². The van der Waals surface area contributed by atoms with Crippen molar-refractivity contribution in [2.75, 3.05) is 6.61 Å². The topological polar surface area (TPSA) is 65.7 Å². The highest BCUT2D eigenvalue weighted by molar-refractivity contribution is 9.10. The number of aryl methyl sites for hydroxylation is 2. The molecule has 4 aromatic rings. The van der Waals surface area contributed by atoms with Gasteiger partial charge in [0, 0.05) is 10.9 Å². The average Bonchev–Trinajstić information content (AvgIpc) is 2.84. The summed E-state index contributed by atoms with van der Waals surface area (Å²) in [5.41, 5.74) is 3.29. The molecule has 0 N–H and O–H groups in total. The third-order valence-electron chi connectivity index (χ3n) is 5.35. The quantitative estimate of drug-likeness (QED) is 0.232. The van der Waals surface area contributed by atoms with Crippen LogP contribution in [0, 0.1) is 6.92 Å².